The molecule has 4 heteroatoms. The molecule has 0 bridgehead atoms. The van der Waals surface area contributed by atoms with Gasteiger partial charge in [-0.1, -0.05) is 19.1 Å². The van der Waals surface area contributed by atoms with Crippen LogP contribution in [0, 0.1) is 0 Å². The van der Waals surface area contributed by atoms with Crippen LogP contribution in [0.3, 0.4) is 0 Å². The van der Waals surface area contributed by atoms with Crippen LogP contribution in [0.5, 0.6) is 0 Å². The number of carboxylic acids is 1. The summed E-state index contributed by atoms with van der Waals surface area (Å²) in [5.74, 6) is 0.332. The first-order valence-corrected chi connectivity index (χ1v) is 7.15. The Bertz CT molecular complexity index is 378. The fourth-order valence-corrected chi connectivity index (χ4v) is 2.37. The van der Waals surface area contributed by atoms with E-state index in [-0.39, 0.29) is 12.5 Å². The van der Waals surface area contributed by atoms with Crippen molar-refractivity contribution < 1.29 is 9.90 Å². The predicted molar refractivity (Wildman–Crippen MR) is 76.0 cm³/mol. The van der Waals surface area contributed by atoms with Crippen LogP contribution >= 0.6 is 11.8 Å². The molecular formula is C14H21NO2S. The Labute approximate surface area is 113 Å². The highest BCUT2D eigenvalue weighted by Crippen LogP contribution is 2.18. The number of thioether (sulfide) groups is 1. The van der Waals surface area contributed by atoms with E-state index >= 15 is 0 Å². The summed E-state index contributed by atoms with van der Waals surface area (Å²) in [6, 6.07) is 8.52. The largest absolute Gasteiger partial charge is 0.481 e. The Morgan fingerprint density at radius 2 is 2.00 bits per heavy atom. The number of aliphatic carboxylic acids is 1. The van der Waals surface area contributed by atoms with Crippen molar-refractivity contribution in [1.82, 2.24) is 4.90 Å². The van der Waals surface area contributed by atoms with Crippen LogP contribution in [-0.4, -0.2) is 34.8 Å². The predicted octanol–water partition coefficient (Wildman–Crippen LogP) is 3.09. The highest BCUT2D eigenvalue weighted by molar-refractivity contribution is 7.99. The van der Waals surface area contributed by atoms with E-state index in [9.17, 15) is 4.79 Å². The maximum Gasteiger partial charge on any atom is 0.304 e. The van der Waals surface area contributed by atoms with Gasteiger partial charge in [0.2, 0.25) is 0 Å². The van der Waals surface area contributed by atoms with E-state index in [1.165, 1.54) is 10.5 Å². The number of carboxylic acid groups (broad SMARTS) is 1. The standard InChI is InChI=1S/C14H21NO2S/c1-4-18-13-7-5-12(6-8-13)10-15(3)11(2)9-14(16)17/h5-8,11H,4,9-10H2,1-3H3,(H,16,17). The van der Waals surface area contributed by atoms with E-state index in [1.54, 1.807) is 0 Å². The first kappa shape index (κ1) is 15.1. The summed E-state index contributed by atoms with van der Waals surface area (Å²) in [6.45, 7) is 4.86. The Kier molecular flexibility index (Phi) is 6.22. The van der Waals surface area contributed by atoms with E-state index in [0.717, 1.165) is 12.3 Å². The molecule has 0 aromatic heterocycles. The summed E-state index contributed by atoms with van der Waals surface area (Å²) in [7, 11) is 1.96. The minimum absolute atomic E-state index is 0.0483. The molecule has 0 amide bonds. The van der Waals surface area contributed by atoms with E-state index in [1.807, 2.05) is 25.7 Å². The van der Waals surface area contributed by atoms with Gasteiger partial charge in [0.15, 0.2) is 0 Å². The van der Waals surface area contributed by atoms with Crippen molar-refractivity contribution in [1.29, 1.82) is 0 Å². The van der Waals surface area contributed by atoms with Crippen LogP contribution in [0.1, 0.15) is 25.8 Å². The van der Waals surface area contributed by atoms with Crippen LogP contribution in [0.4, 0.5) is 0 Å². The van der Waals surface area contributed by atoms with E-state index < -0.39 is 5.97 Å². The van der Waals surface area contributed by atoms with Crippen LogP contribution in [0.25, 0.3) is 0 Å². The third-order valence-corrected chi connectivity index (χ3v) is 3.78. The van der Waals surface area contributed by atoms with Crippen LogP contribution in [0.2, 0.25) is 0 Å². The molecule has 1 unspecified atom stereocenters. The molecule has 0 fully saturated rings. The summed E-state index contributed by atoms with van der Waals surface area (Å²) in [4.78, 5) is 14.0. The second-order valence-electron chi connectivity index (χ2n) is 4.44. The summed E-state index contributed by atoms with van der Waals surface area (Å²) < 4.78 is 0. The van der Waals surface area contributed by atoms with Gasteiger partial charge in [0.1, 0.15) is 0 Å². The average Bonchev–Trinajstić information content (AvgIpc) is 2.31. The number of hydrogen-bond donors (Lipinski definition) is 1. The van der Waals surface area contributed by atoms with Gasteiger partial charge in [-0.05, 0) is 37.4 Å². The zero-order valence-corrected chi connectivity index (χ0v) is 12.0. The van der Waals surface area contributed by atoms with Crippen LogP contribution < -0.4 is 0 Å². The van der Waals surface area contributed by atoms with Gasteiger partial charge >= 0.3 is 5.97 Å². The van der Waals surface area contributed by atoms with Crippen molar-refractivity contribution in [3.8, 4) is 0 Å². The molecule has 1 rings (SSSR count). The number of rotatable bonds is 7. The molecule has 1 N–H and O–H groups in total. The molecule has 0 aliphatic rings. The molecule has 0 aliphatic carbocycles. The molecule has 1 atom stereocenters. The lowest BCUT2D eigenvalue weighted by atomic mass is 10.1. The normalized spacial score (nSPS) is 12.7. The monoisotopic (exact) mass is 267 g/mol. The molecule has 0 radical (unpaired) electrons. The smallest absolute Gasteiger partial charge is 0.304 e. The first-order chi connectivity index (χ1) is 8.52. The lowest BCUT2D eigenvalue weighted by Gasteiger charge is -2.23. The fraction of sp³-hybridized carbons (Fsp3) is 0.500. The topological polar surface area (TPSA) is 40.5 Å². The third-order valence-electron chi connectivity index (χ3n) is 2.89. The van der Waals surface area contributed by atoms with Gasteiger partial charge in [-0.2, -0.15) is 0 Å². The van der Waals surface area contributed by atoms with Gasteiger partial charge in [0.25, 0.3) is 0 Å². The van der Waals surface area contributed by atoms with Crippen molar-refractivity contribution in [2.24, 2.45) is 0 Å². The van der Waals surface area contributed by atoms with Crippen molar-refractivity contribution in [2.45, 2.75) is 37.8 Å². The number of benzene rings is 1. The molecule has 100 valence electrons. The molecule has 0 heterocycles. The Morgan fingerprint density at radius 3 is 2.50 bits per heavy atom. The van der Waals surface area contributed by atoms with Crippen LogP contribution in [-0.2, 0) is 11.3 Å². The fourth-order valence-electron chi connectivity index (χ4n) is 1.71. The Balaban J connectivity index is 2.53. The highest BCUT2D eigenvalue weighted by Gasteiger charge is 2.13. The minimum Gasteiger partial charge on any atom is -0.481 e. The molecule has 0 saturated heterocycles. The molecule has 18 heavy (non-hydrogen) atoms. The second-order valence-corrected chi connectivity index (χ2v) is 5.78. The minimum atomic E-state index is -0.746. The highest BCUT2D eigenvalue weighted by atomic mass is 32.2. The molecule has 0 aliphatic heterocycles. The molecule has 1 aromatic rings. The van der Waals surface area contributed by atoms with Crippen molar-refractivity contribution in [3.05, 3.63) is 29.8 Å². The molecule has 0 saturated carbocycles. The van der Waals surface area contributed by atoms with E-state index in [2.05, 4.69) is 36.1 Å². The number of nitrogens with zero attached hydrogens (tertiary/aromatic N) is 1. The van der Waals surface area contributed by atoms with Crippen molar-refractivity contribution >= 4 is 17.7 Å². The molecule has 0 spiro atoms. The van der Waals surface area contributed by atoms with Gasteiger partial charge in [0.05, 0.1) is 6.42 Å². The summed E-state index contributed by atoms with van der Waals surface area (Å²) in [5, 5.41) is 8.76. The number of hydrogen-bond acceptors (Lipinski definition) is 3. The van der Waals surface area contributed by atoms with Gasteiger partial charge in [0, 0.05) is 17.5 Å². The maximum absolute atomic E-state index is 10.7. The van der Waals surface area contributed by atoms with Crippen molar-refractivity contribution in [3.63, 3.8) is 0 Å². The van der Waals surface area contributed by atoms with Crippen LogP contribution in [0.15, 0.2) is 29.2 Å². The molecule has 1 aromatic carbocycles. The van der Waals surface area contributed by atoms with E-state index in [4.69, 9.17) is 5.11 Å². The van der Waals surface area contributed by atoms with E-state index in [0.29, 0.717) is 0 Å². The van der Waals surface area contributed by atoms with Gasteiger partial charge in [-0.15, -0.1) is 11.8 Å². The summed E-state index contributed by atoms with van der Waals surface area (Å²) >= 11 is 1.83. The van der Waals surface area contributed by atoms with Gasteiger partial charge < -0.3 is 5.11 Å². The number of carbonyl (C=O) groups is 1. The first-order valence-electron chi connectivity index (χ1n) is 6.16. The lowest BCUT2D eigenvalue weighted by Crippen LogP contribution is -2.30. The van der Waals surface area contributed by atoms with Gasteiger partial charge in [-0.3, -0.25) is 9.69 Å². The second kappa shape index (κ2) is 7.44. The zero-order valence-electron chi connectivity index (χ0n) is 11.2. The zero-order chi connectivity index (χ0) is 13.5. The summed E-state index contributed by atoms with van der Waals surface area (Å²) in [6.07, 6.45) is 0.181. The third kappa shape index (κ3) is 5.10. The summed E-state index contributed by atoms with van der Waals surface area (Å²) in [5.41, 5.74) is 1.22. The lowest BCUT2D eigenvalue weighted by molar-refractivity contribution is -0.138. The van der Waals surface area contributed by atoms with Crippen molar-refractivity contribution in [2.75, 3.05) is 12.8 Å². The maximum atomic E-state index is 10.7. The Morgan fingerprint density at radius 1 is 1.39 bits per heavy atom. The average molecular weight is 267 g/mol. The molecular weight excluding hydrogens is 246 g/mol. The van der Waals surface area contributed by atoms with Gasteiger partial charge in [-0.25, -0.2) is 0 Å². The Hall–Kier alpha value is -1.00. The quantitative estimate of drug-likeness (QED) is 0.771. The SMILES string of the molecule is CCSc1ccc(CN(C)C(C)CC(=O)O)cc1. The molecule has 3 nitrogen and oxygen atoms in total.